The van der Waals surface area contributed by atoms with E-state index in [9.17, 15) is 9.59 Å². The Morgan fingerprint density at radius 1 is 1.39 bits per heavy atom. The number of hydrogen-bond acceptors (Lipinski definition) is 5. The first-order chi connectivity index (χ1) is 11.2. The molecule has 7 heteroatoms. The minimum atomic E-state index is -0.182. The van der Waals surface area contributed by atoms with Crippen molar-refractivity contribution in [2.75, 3.05) is 46.4 Å². The van der Waals surface area contributed by atoms with Crippen LogP contribution in [0, 0.1) is 5.92 Å². The zero-order chi connectivity index (χ0) is 16.5. The molecule has 1 fully saturated rings. The number of rotatable bonds is 8. The van der Waals surface area contributed by atoms with Crippen molar-refractivity contribution in [1.29, 1.82) is 0 Å². The minimum Gasteiger partial charge on any atom is -0.383 e. The first-order valence-electron chi connectivity index (χ1n) is 7.88. The predicted molar refractivity (Wildman–Crippen MR) is 86.0 cm³/mol. The highest BCUT2D eigenvalue weighted by atomic mass is 16.5. The van der Waals surface area contributed by atoms with E-state index in [1.54, 1.807) is 25.4 Å². The van der Waals surface area contributed by atoms with E-state index < -0.39 is 0 Å². The van der Waals surface area contributed by atoms with E-state index in [-0.39, 0.29) is 17.7 Å². The molecule has 1 aliphatic heterocycles. The Labute approximate surface area is 136 Å². The van der Waals surface area contributed by atoms with Crippen LogP contribution in [0.3, 0.4) is 0 Å². The van der Waals surface area contributed by atoms with Crippen molar-refractivity contribution in [2.45, 2.75) is 6.42 Å². The smallest absolute Gasteiger partial charge is 0.252 e. The summed E-state index contributed by atoms with van der Waals surface area (Å²) < 4.78 is 5.05. The van der Waals surface area contributed by atoms with E-state index in [1.807, 2.05) is 0 Å². The number of nitrogens with one attached hydrogen (secondary N) is 2. The van der Waals surface area contributed by atoms with Crippen LogP contribution in [0.4, 0.5) is 0 Å². The Hall–Kier alpha value is -1.99. The van der Waals surface area contributed by atoms with Gasteiger partial charge in [0.15, 0.2) is 0 Å². The lowest BCUT2D eigenvalue weighted by Gasteiger charge is -2.15. The Balaban J connectivity index is 1.61. The van der Waals surface area contributed by atoms with E-state index in [4.69, 9.17) is 4.74 Å². The number of ether oxygens (including phenoxy) is 1. The van der Waals surface area contributed by atoms with Gasteiger partial charge in [-0.05, 0) is 25.1 Å². The molecule has 7 nitrogen and oxygen atoms in total. The van der Waals surface area contributed by atoms with Crippen molar-refractivity contribution in [1.82, 2.24) is 20.5 Å². The molecule has 0 unspecified atom stereocenters. The molecule has 2 N–H and O–H groups in total. The number of likely N-dealkylation sites (tertiary alicyclic amines) is 1. The number of aromatic nitrogens is 1. The lowest BCUT2D eigenvalue weighted by Crippen LogP contribution is -2.38. The standard InChI is InChI=1S/C16H24N4O3/c1-23-10-9-20-8-4-14(12-20)16(22)19-7-6-18-15(21)13-3-2-5-17-11-13/h2-3,5,11,14H,4,6-10,12H2,1H3,(H,18,21)(H,19,22)/t14-/m0/s1. The summed E-state index contributed by atoms with van der Waals surface area (Å²) in [4.78, 5) is 30.0. The first-order valence-corrected chi connectivity index (χ1v) is 7.88. The molecule has 0 radical (unpaired) electrons. The largest absolute Gasteiger partial charge is 0.383 e. The van der Waals surface area contributed by atoms with Crippen LogP contribution in [0.1, 0.15) is 16.8 Å². The SMILES string of the molecule is COCCN1CC[C@H](C(=O)NCCNC(=O)c2cccnc2)C1. The van der Waals surface area contributed by atoms with Gasteiger partial charge in [0.05, 0.1) is 18.1 Å². The van der Waals surface area contributed by atoms with Crippen LogP contribution in [-0.4, -0.2) is 68.1 Å². The predicted octanol–water partition coefficient (Wildman–Crippen LogP) is -0.104. The molecule has 0 saturated carbocycles. The van der Waals surface area contributed by atoms with Crippen molar-refractivity contribution in [3.63, 3.8) is 0 Å². The monoisotopic (exact) mass is 320 g/mol. The fourth-order valence-electron chi connectivity index (χ4n) is 2.58. The molecule has 1 aromatic rings. The van der Waals surface area contributed by atoms with Gasteiger partial charge in [0, 0.05) is 45.7 Å². The van der Waals surface area contributed by atoms with Gasteiger partial charge in [-0.1, -0.05) is 0 Å². The highest BCUT2D eigenvalue weighted by molar-refractivity contribution is 5.93. The molecule has 0 bridgehead atoms. The number of amides is 2. The maximum Gasteiger partial charge on any atom is 0.252 e. The number of nitrogens with zero attached hydrogens (tertiary/aromatic N) is 2. The van der Waals surface area contributed by atoms with Crippen LogP contribution in [-0.2, 0) is 9.53 Å². The third kappa shape index (κ3) is 5.61. The molecular formula is C16H24N4O3. The minimum absolute atomic E-state index is 0.0286. The van der Waals surface area contributed by atoms with Crippen LogP contribution >= 0.6 is 0 Å². The van der Waals surface area contributed by atoms with Gasteiger partial charge in [0.1, 0.15) is 0 Å². The van der Waals surface area contributed by atoms with Crippen molar-refractivity contribution in [3.05, 3.63) is 30.1 Å². The number of carbonyl (C=O) groups is 2. The summed E-state index contributed by atoms with van der Waals surface area (Å²) in [5.74, 6) is -0.0969. The summed E-state index contributed by atoms with van der Waals surface area (Å²) in [6, 6.07) is 3.42. The fourth-order valence-corrected chi connectivity index (χ4v) is 2.58. The summed E-state index contributed by atoms with van der Waals surface area (Å²) in [6.07, 6.45) is 4.01. The summed E-state index contributed by atoms with van der Waals surface area (Å²) in [6.45, 7) is 4.09. The van der Waals surface area contributed by atoms with E-state index in [0.29, 0.717) is 25.3 Å². The normalized spacial score (nSPS) is 17.9. The fraction of sp³-hybridized carbons (Fsp3) is 0.562. The first kappa shape index (κ1) is 17.4. The van der Waals surface area contributed by atoms with Crippen molar-refractivity contribution in [3.8, 4) is 0 Å². The number of pyridine rings is 1. The van der Waals surface area contributed by atoms with Crippen LogP contribution in [0.15, 0.2) is 24.5 Å². The molecule has 0 spiro atoms. The number of carbonyl (C=O) groups excluding carboxylic acids is 2. The third-order valence-electron chi connectivity index (χ3n) is 3.89. The lowest BCUT2D eigenvalue weighted by molar-refractivity contribution is -0.124. The summed E-state index contributed by atoms with van der Waals surface area (Å²) >= 11 is 0. The van der Waals surface area contributed by atoms with Gasteiger partial charge in [-0.2, -0.15) is 0 Å². The molecule has 0 aromatic carbocycles. The van der Waals surface area contributed by atoms with Crippen molar-refractivity contribution >= 4 is 11.8 Å². The third-order valence-corrected chi connectivity index (χ3v) is 3.89. The maximum absolute atomic E-state index is 12.1. The van der Waals surface area contributed by atoms with Crippen LogP contribution in [0.2, 0.25) is 0 Å². The van der Waals surface area contributed by atoms with Gasteiger partial charge in [-0.25, -0.2) is 0 Å². The van der Waals surface area contributed by atoms with Gasteiger partial charge in [0.25, 0.3) is 5.91 Å². The molecule has 1 aliphatic rings. The average molecular weight is 320 g/mol. The molecule has 23 heavy (non-hydrogen) atoms. The molecule has 1 saturated heterocycles. The second-order valence-electron chi connectivity index (χ2n) is 5.57. The quantitative estimate of drug-likeness (QED) is 0.653. The topological polar surface area (TPSA) is 83.6 Å². The highest BCUT2D eigenvalue weighted by Crippen LogP contribution is 2.15. The number of methoxy groups -OCH3 is 1. The second kappa shape index (κ2) is 9.22. The van der Waals surface area contributed by atoms with Gasteiger partial charge < -0.3 is 20.3 Å². The van der Waals surface area contributed by atoms with Gasteiger partial charge in [-0.15, -0.1) is 0 Å². The summed E-state index contributed by atoms with van der Waals surface area (Å²) in [7, 11) is 1.68. The number of hydrogen-bond donors (Lipinski definition) is 2. The van der Waals surface area contributed by atoms with Gasteiger partial charge in [-0.3, -0.25) is 14.6 Å². The molecular weight excluding hydrogens is 296 g/mol. The van der Waals surface area contributed by atoms with Gasteiger partial charge in [0.2, 0.25) is 5.91 Å². The molecule has 2 heterocycles. The van der Waals surface area contributed by atoms with E-state index in [0.717, 1.165) is 26.1 Å². The molecule has 1 atom stereocenters. The summed E-state index contributed by atoms with van der Waals surface area (Å²) in [5, 5.41) is 5.64. The molecule has 2 amide bonds. The Bertz CT molecular complexity index is 509. The second-order valence-corrected chi connectivity index (χ2v) is 5.57. The lowest BCUT2D eigenvalue weighted by atomic mass is 10.1. The van der Waals surface area contributed by atoms with Crippen LogP contribution in [0.25, 0.3) is 0 Å². The summed E-state index contributed by atoms with van der Waals surface area (Å²) in [5.41, 5.74) is 0.517. The van der Waals surface area contributed by atoms with Crippen molar-refractivity contribution < 1.29 is 14.3 Å². The highest BCUT2D eigenvalue weighted by Gasteiger charge is 2.27. The van der Waals surface area contributed by atoms with Crippen molar-refractivity contribution in [2.24, 2.45) is 5.92 Å². The maximum atomic E-state index is 12.1. The zero-order valence-corrected chi connectivity index (χ0v) is 13.5. The Morgan fingerprint density at radius 2 is 2.22 bits per heavy atom. The molecule has 126 valence electrons. The molecule has 1 aromatic heterocycles. The average Bonchev–Trinajstić information content (AvgIpc) is 3.06. The molecule has 0 aliphatic carbocycles. The van der Waals surface area contributed by atoms with E-state index in [1.165, 1.54) is 6.20 Å². The zero-order valence-electron chi connectivity index (χ0n) is 13.5. The molecule has 2 rings (SSSR count). The van der Waals surface area contributed by atoms with E-state index >= 15 is 0 Å². The van der Waals surface area contributed by atoms with E-state index in [2.05, 4.69) is 20.5 Å². The van der Waals surface area contributed by atoms with Crippen LogP contribution in [0.5, 0.6) is 0 Å². The van der Waals surface area contributed by atoms with Crippen LogP contribution < -0.4 is 10.6 Å². The van der Waals surface area contributed by atoms with Gasteiger partial charge >= 0.3 is 0 Å². The Morgan fingerprint density at radius 3 is 2.96 bits per heavy atom. The Kier molecular flexibility index (Phi) is 6.96.